The second kappa shape index (κ2) is 7.33. The van der Waals surface area contributed by atoms with Gasteiger partial charge in [-0.15, -0.1) is 22.7 Å². The van der Waals surface area contributed by atoms with Crippen LogP contribution >= 0.6 is 34.3 Å². The molecule has 0 aliphatic heterocycles. The third-order valence-electron chi connectivity index (χ3n) is 3.30. The molecule has 3 rings (SSSR count). The third kappa shape index (κ3) is 4.23. The summed E-state index contributed by atoms with van der Waals surface area (Å²) in [7, 11) is -3.43. The summed E-state index contributed by atoms with van der Waals surface area (Å²) in [6.45, 7) is 2.21. The summed E-state index contributed by atoms with van der Waals surface area (Å²) in [6, 6.07) is 10.9. The third-order valence-corrected chi connectivity index (χ3v) is 7.44. The van der Waals surface area contributed by atoms with Gasteiger partial charge in [0.2, 0.25) is 10.0 Å². The van der Waals surface area contributed by atoms with Crippen LogP contribution in [-0.2, 0) is 16.4 Å². The largest absolute Gasteiger partial charge is 0.250 e. The van der Waals surface area contributed by atoms with Gasteiger partial charge < -0.3 is 0 Å². The minimum atomic E-state index is -3.43. The molecule has 2 aromatic heterocycles. The Labute approximate surface area is 154 Å². The summed E-state index contributed by atoms with van der Waals surface area (Å²) in [5, 5.41) is 3.54. The van der Waals surface area contributed by atoms with Gasteiger partial charge in [-0.05, 0) is 31.2 Å². The maximum Gasteiger partial charge on any atom is 0.250 e. The number of aromatic nitrogens is 1. The number of aryl methyl sites for hydroxylation is 1. The number of thiophene rings is 1. The van der Waals surface area contributed by atoms with E-state index in [0.29, 0.717) is 22.2 Å². The van der Waals surface area contributed by atoms with Crippen LogP contribution in [0.5, 0.6) is 0 Å². The Kier molecular flexibility index (Phi) is 5.36. The molecular weight excluding hydrogens is 384 g/mol. The fraction of sp³-hybridized carbons (Fsp3) is 0.188. The van der Waals surface area contributed by atoms with Gasteiger partial charge in [-0.2, -0.15) is 0 Å². The van der Waals surface area contributed by atoms with E-state index in [1.807, 2.05) is 36.6 Å². The first-order valence-electron chi connectivity index (χ1n) is 7.20. The van der Waals surface area contributed by atoms with Crippen LogP contribution < -0.4 is 4.72 Å². The van der Waals surface area contributed by atoms with E-state index in [1.54, 1.807) is 12.1 Å². The second-order valence-electron chi connectivity index (χ2n) is 5.16. The first-order valence-corrected chi connectivity index (χ1v) is 10.8. The molecule has 1 N–H and O–H groups in total. The fourth-order valence-corrected chi connectivity index (χ4v) is 5.43. The van der Waals surface area contributed by atoms with Gasteiger partial charge in [0, 0.05) is 33.8 Å². The molecule has 24 heavy (non-hydrogen) atoms. The Morgan fingerprint density at radius 2 is 1.92 bits per heavy atom. The highest BCUT2D eigenvalue weighted by Gasteiger charge is 2.15. The van der Waals surface area contributed by atoms with Crippen molar-refractivity contribution in [1.82, 2.24) is 9.71 Å². The number of benzene rings is 1. The zero-order valence-electron chi connectivity index (χ0n) is 12.8. The molecule has 1 aromatic carbocycles. The molecular formula is C16H15ClN2O2S3. The number of hydrogen-bond acceptors (Lipinski definition) is 5. The summed E-state index contributed by atoms with van der Waals surface area (Å²) < 4.78 is 27.3. The average molecular weight is 399 g/mol. The molecule has 2 heterocycles. The SMILES string of the molecule is Cc1ccc(S(=O)(=O)NCCc2csc(-c3ccc(Cl)cc3)n2)s1. The average Bonchev–Trinajstić information content (AvgIpc) is 3.17. The van der Waals surface area contributed by atoms with E-state index in [9.17, 15) is 8.42 Å². The number of nitrogens with one attached hydrogen (secondary N) is 1. The second-order valence-corrected chi connectivity index (χ2v) is 9.74. The molecule has 0 saturated heterocycles. The zero-order valence-corrected chi connectivity index (χ0v) is 16.0. The highest BCUT2D eigenvalue weighted by atomic mass is 35.5. The van der Waals surface area contributed by atoms with E-state index in [1.165, 1.54) is 22.7 Å². The van der Waals surface area contributed by atoms with Crippen LogP contribution in [0, 0.1) is 6.92 Å². The zero-order chi connectivity index (χ0) is 17.2. The Balaban J connectivity index is 1.61. The van der Waals surface area contributed by atoms with E-state index in [2.05, 4.69) is 9.71 Å². The first-order chi connectivity index (χ1) is 11.4. The number of halogens is 1. The van der Waals surface area contributed by atoms with Crippen LogP contribution in [0.25, 0.3) is 10.6 Å². The van der Waals surface area contributed by atoms with Crippen LogP contribution in [0.4, 0.5) is 0 Å². The Hall–Kier alpha value is -1.25. The first kappa shape index (κ1) is 17.6. The van der Waals surface area contributed by atoms with Gasteiger partial charge in [0.15, 0.2) is 0 Å². The lowest BCUT2D eigenvalue weighted by molar-refractivity contribution is 0.583. The molecule has 0 spiro atoms. The highest BCUT2D eigenvalue weighted by Crippen LogP contribution is 2.25. The minimum absolute atomic E-state index is 0.322. The van der Waals surface area contributed by atoms with Crippen molar-refractivity contribution in [3.63, 3.8) is 0 Å². The van der Waals surface area contributed by atoms with Gasteiger partial charge in [0.25, 0.3) is 0 Å². The van der Waals surface area contributed by atoms with Gasteiger partial charge in [-0.25, -0.2) is 18.1 Å². The fourth-order valence-electron chi connectivity index (χ4n) is 2.09. The molecule has 0 aliphatic rings. The molecule has 0 bridgehead atoms. The quantitative estimate of drug-likeness (QED) is 0.671. The molecule has 0 unspecified atom stereocenters. The summed E-state index contributed by atoms with van der Waals surface area (Å²) in [5.74, 6) is 0. The van der Waals surface area contributed by atoms with Gasteiger partial charge >= 0.3 is 0 Å². The summed E-state index contributed by atoms with van der Waals surface area (Å²) in [6.07, 6.45) is 0.549. The summed E-state index contributed by atoms with van der Waals surface area (Å²) in [4.78, 5) is 5.52. The van der Waals surface area contributed by atoms with E-state index < -0.39 is 10.0 Å². The molecule has 0 amide bonds. The lowest BCUT2D eigenvalue weighted by atomic mass is 10.2. The van der Waals surface area contributed by atoms with E-state index >= 15 is 0 Å². The maximum absolute atomic E-state index is 12.2. The van der Waals surface area contributed by atoms with Crippen LogP contribution in [0.2, 0.25) is 5.02 Å². The molecule has 3 aromatic rings. The van der Waals surface area contributed by atoms with E-state index in [0.717, 1.165) is 21.1 Å². The van der Waals surface area contributed by atoms with Crippen molar-refractivity contribution >= 4 is 44.3 Å². The van der Waals surface area contributed by atoms with Gasteiger partial charge in [-0.3, -0.25) is 0 Å². The van der Waals surface area contributed by atoms with Crippen LogP contribution in [0.1, 0.15) is 10.6 Å². The van der Waals surface area contributed by atoms with Crippen molar-refractivity contribution in [2.75, 3.05) is 6.54 Å². The summed E-state index contributed by atoms with van der Waals surface area (Å²) in [5.41, 5.74) is 1.88. The minimum Gasteiger partial charge on any atom is -0.241 e. The lowest BCUT2D eigenvalue weighted by Gasteiger charge is -2.03. The normalized spacial score (nSPS) is 11.8. The number of sulfonamides is 1. The van der Waals surface area contributed by atoms with Crippen LogP contribution in [0.15, 0.2) is 46.0 Å². The molecule has 4 nitrogen and oxygen atoms in total. The molecule has 0 radical (unpaired) electrons. The van der Waals surface area contributed by atoms with Crippen LogP contribution in [-0.4, -0.2) is 19.9 Å². The number of hydrogen-bond donors (Lipinski definition) is 1. The monoisotopic (exact) mass is 398 g/mol. The standard InChI is InChI=1S/C16H15ClN2O2S3/c1-11-2-7-15(23-11)24(20,21)18-9-8-14-10-22-16(19-14)12-3-5-13(17)6-4-12/h2-7,10,18H,8-9H2,1H3. The summed E-state index contributed by atoms with van der Waals surface area (Å²) >= 11 is 8.69. The Morgan fingerprint density at radius 1 is 1.17 bits per heavy atom. The maximum atomic E-state index is 12.2. The Bertz CT molecular complexity index is 930. The highest BCUT2D eigenvalue weighted by molar-refractivity contribution is 7.91. The van der Waals surface area contributed by atoms with Crippen molar-refractivity contribution in [3.8, 4) is 10.6 Å². The molecule has 0 aliphatic carbocycles. The lowest BCUT2D eigenvalue weighted by Crippen LogP contribution is -2.25. The molecule has 8 heteroatoms. The van der Waals surface area contributed by atoms with Crippen molar-refractivity contribution in [3.05, 3.63) is 57.4 Å². The van der Waals surface area contributed by atoms with Crippen molar-refractivity contribution in [2.24, 2.45) is 0 Å². The van der Waals surface area contributed by atoms with Gasteiger partial charge in [0.1, 0.15) is 9.22 Å². The smallest absolute Gasteiger partial charge is 0.241 e. The van der Waals surface area contributed by atoms with E-state index in [-0.39, 0.29) is 0 Å². The predicted molar refractivity (Wildman–Crippen MR) is 101 cm³/mol. The van der Waals surface area contributed by atoms with Gasteiger partial charge in [-0.1, -0.05) is 23.7 Å². The molecule has 0 atom stereocenters. The topological polar surface area (TPSA) is 59.1 Å². The Morgan fingerprint density at radius 3 is 2.58 bits per heavy atom. The molecule has 0 saturated carbocycles. The van der Waals surface area contributed by atoms with E-state index in [4.69, 9.17) is 11.6 Å². The van der Waals surface area contributed by atoms with Crippen molar-refractivity contribution in [1.29, 1.82) is 0 Å². The predicted octanol–water partition coefficient (Wildman–Crippen LogP) is 4.35. The number of rotatable bonds is 6. The van der Waals surface area contributed by atoms with Crippen molar-refractivity contribution < 1.29 is 8.42 Å². The molecule has 0 fully saturated rings. The number of thiazole rings is 1. The molecule has 126 valence electrons. The van der Waals surface area contributed by atoms with Gasteiger partial charge in [0.05, 0.1) is 5.69 Å². The number of nitrogens with zero attached hydrogens (tertiary/aromatic N) is 1. The van der Waals surface area contributed by atoms with Crippen molar-refractivity contribution in [2.45, 2.75) is 17.6 Å². The van der Waals surface area contributed by atoms with Crippen LogP contribution in [0.3, 0.4) is 0 Å².